The second kappa shape index (κ2) is 5.96. The number of nitrogens with zero attached hydrogens (tertiary/aromatic N) is 1. The van der Waals surface area contributed by atoms with Gasteiger partial charge in [-0.3, -0.25) is 0 Å². The minimum atomic E-state index is -4.09. The molecule has 1 N–H and O–H groups in total. The van der Waals surface area contributed by atoms with Crippen molar-refractivity contribution in [2.24, 2.45) is 5.41 Å². The van der Waals surface area contributed by atoms with Crippen LogP contribution in [0.1, 0.15) is 33.1 Å². The molecule has 0 atom stereocenters. The lowest BCUT2D eigenvalue weighted by Crippen LogP contribution is -2.31. The van der Waals surface area contributed by atoms with Crippen molar-refractivity contribution in [3.63, 3.8) is 0 Å². The van der Waals surface area contributed by atoms with E-state index in [0.29, 0.717) is 19.4 Å². The van der Waals surface area contributed by atoms with Crippen molar-refractivity contribution in [1.82, 2.24) is 5.32 Å². The molecule has 0 bridgehead atoms. The van der Waals surface area contributed by atoms with Crippen LogP contribution in [0.25, 0.3) is 0 Å². The van der Waals surface area contributed by atoms with E-state index in [1.807, 2.05) is 19.9 Å². The van der Waals surface area contributed by atoms with Crippen LogP contribution in [-0.4, -0.2) is 19.3 Å². The molecule has 0 heterocycles. The molecule has 15 heavy (non-hydrogen) atoms. The van der Waals surface area contributed by atoms with Crippen molar-refractivity contribution in [2.45, 2.75) is 39.3 Å². The third-order valence-electron chi connectivity index (χ3n) is 2.10. The van der Waals surface area contributed by atoms with Gasteiger partial charge in [0.1, 0.15) is 0 Å². The summed E-state index contributed by atoms with van der Waals surface area (Å²) in [6, 6.07) is 2.03. The molecule has 0 aliphatic heterocycles. The summed E-state index contributed by atoms with van der Waals surface area (Å²) < 4.78 is 35.4. The Morgan fingerprint density at radius 1 is 1.20 bits per heavy atom. The van der Waals surface area contributed by atoms with Gasteiger partial charge in [-0.05, 0) is 11.8 Å². The standard InChI is InChI=1S/C10H17F3N2/c1-9(2,4-3-6-14)8-15-7-5-10(11,12)13/h15H,3-5,7-8H2,1-2H3. The number of hydrogen-bond donors (Lipinski definition) is 1. The monoisotopic (exact) mass is 222 g/mol. The summed E-state index contributed by atoms with van der Waals surface area (Å²) in [6.07, 6.45) is -3.76. The average molecular weight is 222 g/mol. The van der Waals surface area contributed by atoms with Gasteiger partial charge in [-0.15, -0.1) is 0 Å². The molecule has 0 amide bonds. The summed E-state index contributed by atoms with van der Waals surface area (Å²) >= 11 is 0. The summed E-state index contributed by atoms with van der Waals surface area (Å²) in [6.45, 7) is 4.32. The van der Waals surface area contributed by atoms with Crippen LogP contribution in [0.5, 0.6) is 0 Å². The van der Waals surface area contributed by atoms with Gasteiger partial charge in [-0.2, -0.15) is 18.4 Å². The van der Waals surface area contributed by atoms with Gasteiger partial charge in [-0.1, -0.05) is 13.8 Å². The fraction of sp³-hybridized carbons (Fsp3) is 0.900. The van der Waals surface area contributed by atoms with E-state index >= 15 is 0 Å². The fourth-order valence-electron chi connectivity index (χ4n) is 1.14. The molecule has 0 aliphatic carbocycles. The number of rotatable bonds is 6. The molecule has 0 aliphatic rings. The molecule has 0 saturated carbocycles. The number of hydrogen-bond acceptors (Lipinski definition) is 2. The molecular formula is C10H17F3N2. The lowest BCUT2D eigenvalue weighted by atomic mass is 9.88. The largest absolute Gasteiger partial charge is 0.390 e. The van der Waals surface area contributed by atoms with Gasteiger partial charge in [0.25, 0.3) is 0 Å². The lowest BCUT2D eigenvalue weighted by Gasteiger charge is -2.23. The first-order chi connectivity index (χ1) is 6.77. The Kier molecular flexibility index (Phi) is 5.66. The second-order valence-electron chi connectivity index (χ2n) is 4.36. The number of alkyl halides is 3. The highest BCUT2D eigenvalue weighted by molar-refractivity contribution is 4.78. The Hall–Kier alpha value is -0.760. The number of halogens is 3. The van der Waals surface area contributed by atoms with Crippen molar-refractivity contribution in [2.75, 3.05) is 13.1 Å². The second-order valence-corrected chi connectivity index (χ2v) is 4.36. The molecule has 0 aromatic carbocycles. The fourth-order valence-corrected chi connectivity index (χ4v) is 1.14. The third-order valence-corrected chi connectivity index (χ3v) is 2.10. The third kappa shape index (κ3) is 9.54. The minimum Gasteiger partial charge on any atom is -0.316 e. The van der Waals surface area contributed by atoms with Gasteiger partial charge in [0, 0.05) is 19.5 Å². The van der Waals surface area contributed by atoms with Crippen LogP contribution in [0, 0.1) is 16.7 Å². The van der Waals surface area contributed by atoms with Crippen LogP contribution in [0.3, 0.4) is 0 Å². The highest BCUT2D eigenvalue weighted by Crippen LogP contribution is 2.21. The topological polar surface area (TPSA) is 35.8 Å². The minimum absolute atomic E-state index is 0.0561. The first-order valence-corrected chi connectivity index (χ1v) is 4.91. The molecule has 0 rings (SSSR count). The van der Waals surface area contributed by atoms with Crippen molar-refractivity contribution >= 4 is 0 Å². The van der Waals surface area contributed by atoms with E-state index in [2.05, 4.69) is 5.32 Å². The van der Waals surface area contributed by atoms with Crippen LogP contribution in [-0.2, 0) is 0 Å². The molecule has 0 spiro atoms. The molecule has 0 radical (unpaired) electrons. The van der Waals surface area contributed by atoms with E-state index in [-0.39, 0.29) is 12.0 Å². The van der Waals surface area contributed by atoms with E-state index in [1.54, 1.807) is 0 Å². The Morgan fingerprint density at radius 2 is 1.80 bits per heavy atom. The zero-order chi connectivity index (χ0) is 11.9. The van der Waals surface area contributed by atoms with Crippen LogP contribution >= 0.6 is 0 Å². The summed E-state index contributed by atoms with van der Waals surface area (Å²) in [4.78, 5) is 0. The summed E-state index contributed by atoms with van der Waals surface area (Å²) in [5.74, 6) is 0. The SMILES string of the molecule is CC(C)(CCC#N)CNCCC(F)(F)F. The Morgan fingerprint density at radius 3 is 2.27 bits per heavy atom. The molecule has 0 aromatic rings. The smallest absolute Gasteiger partial charge is 0.316 e. The van der Waals surface area contributed by atoms with Crippen LogP contribution in [0.15, 0.2) is 0 Å². The summed E-state index contributed by atoms with van der Waals surface area (Å²) in [7, 11) is 0. The van der Waals surface area contributed by atoms with Gasteiger partial charge in [0.2, 0.25) is 0 Å². The molecule has 0 saturated heterocycles. The van der Waals surface area contributed by atoms with E-state index < -0.39 is 12.6 Å². The van der Waals surface area contributed by atoms with Crippen molar-refractivity contribution in [1.29, 1.82) is 5.26 Å². The van der Waals surface area contributed by atoms with Crippen LogP contribution in [0.2, 0.25) is 0 Å². The maximum Gasteiger partial charge on any atom is 0.390 e. The van der Waals surface area contributed by atoms with Crippen molar-refractivity contribution in [3.05, 3.63) is 0 Å². The highest BCUT2D eigenvalue weighted by atomic mass is 19.4. The average Bonchev–Trinajstić information content (AvgIpc) is 2.08. The molecule has 0 unspecified atom stereocenters. The maximum absolute atomic E-state index is 11.8. The molecule has 2 nitrogen and oxygen atoms in total. The van der Waals surface area contributed by atoms with Crippen molar-refractivity contribution < 1.29 is 13.2 Å². The van der Waals surface area contributed by atoms with Gasteiger partial charge in [0.15, 0.2) is 0 Å². The van der Waals surface area contributed by atoms with Crippen LogP contribution in [0.4, 0.5) is 13.2 Å². The number of nitrogens with one attached hydrogen (secondary N) is 1. The first-order valence-electron chi connectivity index (χ1n) is 4.91. The van der Waals surface area contributed by atoms with E-state index in [1.165, 1.54) is 0 Å². The summed E-state index contributed by atoms with van der Waals surface area (Å²) in [5, 5.41) is 11.2. The molecule has 88 valence electrons. The van der Waals surface area contributed by atoms with E-state index in [9.17, 15) is 13.2 Å². The Labute approximate surface area is 88.5 Å². The predicted molar refractivity (Wildman–Crippen MR) is 52.2 cm³/mol. The van der Waals surface area contributed by atoms with Gasteiger partial charge < -0.3 is 5.32 Å². The molecule has 0 fully saturated rings. The maximum atomic E-state index is 11.8. The van der Waals surface area contributed by atoms with E-state index in [0.717, 1.165) is 0 Å². The van der Waals surface area contributed by atoms with Gasteiger partial charge in [0.05, 0.1) is 12.5 Å². The number of nitriles is 1. The Bertz CT molecular complexity index is 216. The lowest BCUT2D eigenvalue weighted by molar-refractivity contribution is -0.133. The van der Waals surface area contributed by atoms with Gasteiger partial charge in [-0.25, -0.2) is 0 Å². The Balaban J connectivity index is 3.62. The molecule has 0 aromatic heterocycles. The molecule has 5 heteroatoms. The normalized spacial score (nSPS) is 12.5. The summed E-state index contributed by atoms with van der Waals surface area (Å²) in [5.41, 5.74) is -0.124. The van der Waals surface area contributed by atoms with E-state index in [4.69, 9.17) is 5.26 Å². The zero-order valence-electron chi connectivity index (χ0n) is 9.12. The zero-order valence-corrected chi connectivity index (χ0v) is 9.12. The van der Waals surface area contributed by atoms with Gasteiger partial charge >= 0.3 is 6.18 Å². The molecular weight excluding hydrogens is 205 g/mol. The predicted octanol–water partition coefficient (Wildman–Crippen LogP) is 2.86. The van der Waals surface area contributed by atoms with Crippen molar-refractivity contribution in [3.8, 4) is 6.07 Å². The quantitative estimate of drug-likeness (QED) is 0.701. The van der Waals surface area contributed by atoms with Crippen LogP contribution < -0.4 is 5.32 Å². The first kappa shape index (κ1) is 14.2. The highest BCUT2D eigenvalue weighted by Gasteiger charge is 2.26.